The Morgan fingerprint density at radius 3 is 2.80 bits per heavy atom. The van der Waals surface area contributed by atoms with Crippen LogP contribution in [0.4, 0.5) is 5.69 Å². The molecule has 0 saturated carbocycles. The minimum Gasteiger partial charge on any atom is -0.382 e. The van der Waals surface area contributed by atoms with Gasteiger partial charge in [0.15, 0.2) is 0 Å². The summed E-state index contributed by atoms with van der Waals surface area (Å²) in [5, 5.41) is 15.8. The molecule has 0 unspecified atom stereocenters. The highest BCUT2D eigenvalue weighted by Crippen LogP contribution is 2.27. The van der Waals surface area contributed by atoms with Crippen molar-refractivity contribution in [2.75, 3.05) is 18.4 Å². The number of benzene rings is 1. The molecule has 1 aliphatic rings. The van der Waals surface area contributed by atoms with Gasteiger partial charge in [-0.05, 0) is 17.7 Å². The monoisotopic (exact) mass is 206 g/mol. The Morgan fingerprint density at radius 2 is 2.27 bits per heavy atom. The molecule has 1 fully saturated rings. The van der Waals surface area contributed by atoms with E-state index in [9.17, 15) is 9.90 Å². The van der Waals surface area contributed by atoms with Crippen molar-refractivity contribution >= 4 is 11.6 Å². The Labute approximate surface area is 88.3 Å². The number of rotatable bonds is 2. The smallest absolute Gasteiger partial charge is 0.221 e. The summed E-state index contributed by atoms with van der Waals surface area (Å²) < 4.78 is 0. The number of β-amino-alcohol motifs (C(OH)–C–C–N with tert-alkyl or cyclic N) is 1. The zero-order valence-electron chi connectivity index (χ0n) is 8.58. The van der Waals surface area contributed by atoms with Gasteiger partial charge in [0.05, 0.1) is 0 Å². The van der Waals surface area contributed by atoms with E-state index in [4.69, 9.17) is 0 Å². The van der Waals surface area contributed by atoms with E-state index in [1.165, 1.54) is 6.92 Å². The Morgan fingerprint density at radius 1 is 1.53 bits per heavy atom. The van der Waals surface area contributed by atoms with Gasteiger partial charge in [0.1, 0.15) is 5.60 Å². The van der Waals surface area contributed by atoms with E-state index in [0.29, 0.717) is 13.1 Å². The van der Waals surface area contributed by atoms with Crippen LogP contribution >= 0.6 is 0 Å². The molecule has 1 aromatic rings. The van der Waals surface area contributed by atoms with E-state index >= 15 is 0 Å². The molecule has 0 atom stereocenters. The fourth-order valence-corrected chi connectivity index (χ4v) is 1.66. The predicted molar refractivity (Wildman–Crippen MR) is 57.5 cm³/mol. The first-order valence-electron chi connectivity index (χ1n) is 4.91. The van der Waals surface area contributed by atoms with Gasteiger partial charge in [-0.25, -0.2) is 0 Å². The van der Waals surface area contributed by atoms with Crippen molar-refractivity contribution < 1.29 is 9.90 Å². The number of hydrogen-bond donors (Lipinski definition) is 3. The Balaban J connectivity index is 2.22. The third-order valence-corrected chi connectivity index (χ3v) is 2.56. The molecule has 1 amide bonds. The quantitative estimate of drug-likeness (QED) is 0.658. The van der Waals surface area contributed by atoms with Crippen LogP contribution in [0, 0.1) is 0 Å². The van der Waals surface area contributed by atoms with Crippen LogP contribution in [0.2, 0.25) is 0 Å². The van der Waals surface area contributed by atoms with Crippen LogP contribution in [0.1, 0.15) is 12.5 Å². The van der Waals surface area contributed by atoms with Gasteiger partial charge in [0.2, 0.25) is 5.91 Å². The molecule has 15 heavy (non-hydrogen) atoms. The maximum atomic E-state index is 10.9. The molecular formula is C11H14N2O2. The van der Waals surface area contributed by atoms with Gasteiger partial charge in [-0.2, -0.15) is 0 Å². The van der Waals surface area contributed by atoms with Gasteiger partial charge >= 0.3 is 0 Å². The van der Waals surface area contributed by atoms with Gasteiger partial charge in [-0.1, -0.05) is 12.1 Å². The van der Waals surface area contributed by atoms with Crippen LogP contribution in [0.3, 0.4) is 0 Å². The lowest BCUT2D eigenvalue weighted by molar-refractivity contribution is -0.114. The summed E-state index contributed by atoms with van der Waals surface area (Å²) in [6.07, 6.45) is 0. The maximum Gasteiger partial charge on any atom is 0.221 e. The lowest BCUT2D eigenvalue weighted by Gasteiger charge is -2.38. The topological polar surface area (TPSA) is 61.4 Å². The van der Waals surface area contributed by atoms with Gasteiger partial charge < -0.3 is 15.7 Å². The van der Waals surface area contributed by atoms with Crippen LogP contribution in [0.5, 0.6) is 0 Å². The summed E-state index contributed by atoms with van der Waals surface area (Å²) in [5.41, 5.74) is 0.793. The molecule has 2 rings (SSSR count). The average Bonchev–Trinajstić information content (AvgIpc) is 2.13. The molecule has 0 aliphatic carbocycles. The fraction of sp³-hybridized carbons (Fsp3) is 0.364. The minimum atomic E-state index is -0.769. The van der Waals surface area contributed by atoms with Crippen LogP contribution in [0.15, 0.2) is 24.3 Å². The van der Waals surface area contributed by atoms with Crippen LogP contribution in [-0.2, 0) is 10.4 Å². The highest BCUT2D eigenvalue weighted by Gasteiger charge is 2.36. The van der Waals surface area contributed by atoms with E-state index < -0.39 is 5.60 Å². The molecular weight excluding hydrogens is 192 g/mol. The van der Waals surface area contributed by atoms with Crippen LogP contribution < -0.4 is 10.6 Å². The zero-order chi connectivity index (χ0) is 10.9. The van der Waals surface area contributed by atoms with Gasteiger partial charge in [-0.3, -0.25) is 4.79 Å². The Hall–Kier alpha value is -1.39. The number of hydrogen-bond acceptors (Lipinski definition) is 3. The van der Waals surface area contributed by atoms with Crippen LogP contribution in [0.25, 0.3) is 0 Å². The second-order valence-electron chi connectivity index (χ2n) is 3.90. The highest BCUT2D eigenvalue weighted by molar-refractivity contribution is 5.88. The van der Waals surface area contributed by atoms with Crippen molar-refractivity contribution in [3.05, 3.63) is 29.8 Å². The molecule has 1 aliphatic heterocycles. The summed E-state index contributed by atoms with van der Waals surface area (Å²) in [6, 6.07) is 7.31. The van der Waals surface area contributed by atoms with Crippen molar-refractivity contribution in [3.63, 3.8) is 0 Å². The summed E-state index contributed by atoms with van der Waals surface area (Å²) >= 11 is 0. The SMILES string of the molecule is CC(=O)Nc1cccc(C2(O)CNC2)c1. The van der Waals surface area contributed by atoms with E-state index in [0.717, 1.165) is 11.3 Å². The summed E-state index contributed by atoms with van der Waals surface area (Å²) in [4.78, 5) is 10.9. The first kappa shape index (κ1) is 10.1. The van der Waals surface area contributed by atoms with E-state index in [2.05, 4.69) is 10.6 Å². The van der Waals surface area contributed by atoms with Crippen molar-refractivity contribution in [3.8, 4) is 0 Å². The van der Waals surface area contributed by atoms with Gasteiger partial charge in [0.25, 0.3) is 0 Å². The molecule has 1 saturated heterocycles. The summed E-state index contributed by atoms with van der Waals surface area (Å²) in [6.45, 7) is 2.60. The Kier molecular flexibility index (Phi) is 2.46. The number of nitrogens with one attached hydrogen (secondary N) is 2. The molecule has 0 aromatic heterocycles. The van der Waals surface area contributed by atoms with Crippen molar-refractivity contribution in [2.45, 2.75) is 12.5 Å². The van der Waals surface area contributed by atoms with Crippen molar-refractivity contribution in [2.24, 2.45) is 0 Å². The number of carbonyl (C=O) groups is 1. The standard InChI is InChI=1S/C11H14N2O2/c1-8(14)13-10-4-2-3-9(5-10)11(15)6-12-7-11/h2-5,12,15H,6-7H2,1H3,(H,13,14). The molecule has 0 radical (unpaired) electrons. The first-order chi connectivity index (χ1) is 7.10. The average molecular weight is 206 g/mol. The summed E-state index contributed by atoms with van der Waals surface area (Å²) in [7, 11) is 0. The lowest BCUT2D eigenvalue weighted by Crippen LogP contribution is -2.56. The molecule has 4 nitrogen and oxygen atoms in total. The maximum absolute atomic E-state index is 10.9. The van der Waals surface area contributed by atoms with E-state index in [1.807, 2.05) is 18.2 Å². The molecule has 1 heterocycles. The zero-order valence-corrected chi connectivity index (χ0v) is 8.58. The number of aliphatic hydroxyl groups is 1. The second-order valence-corrected chi connectivity index (χ2v) is 3.90. The Bertz CT molecular complexity index is 386. The van der Waals surface area contributed by atoms with Crippen molar-refractivity contribution in [1.82, 2.24) is 5.32 Å². The van der Waals surface area contributed by atoms with E-state index in [1.54, 1.807) is 6.07 Å². The van der Waals surface area contributed by atoms with Gasteiger partial charge in [-0.15, -0.1) is 0 Å². The molecule has 4 heteroatoms. The first-order valence-corrected chi connectivity index (χ1v) is 4.91. The normalized spacial score (nSPS) is 18.0. The highest BCUT2D eigenvalue weighted by atomic mass is 16.3. The second kappa shape index (κ2) is 3.64. The van der Waals surface area contributed by atoms with Crippen molar-refractivity contribution in [1.29, 1.82) is 0 Å². The molecule has 3 N–H and O–H groups in total. The number of anilines is 1. The minimum absolute atomic E-state index is 0.106. The third-order valence-electron chi connectivity index (χ3n) is 2.56. The van der Waals surface area contributed by atoms with Crippen LogP contribution in [-0.4, -0.2) is 24.1 Å². The van der Waals surface area contributed by atoms with Gasteiger partial charge in [0, 0.05) is 25.7 Å². The molecule has 0 bridgehead atoms. The predicted octanol–water partition coefficient (Wildman–Crippen LogP) is 0.436. The molecule has 0 spiro atoms. The lowest BCUT2D eigenvalue weighted by atomic mass is 9.88. The largest absolute Gasteiger partial charge is 0.382 e. The molecule has 80 valence electrons. The summed E-state index contributed by atoms with van der Waals surface area (Å²) in [5.74, 6) is -0.106. The third kappa shape index (κ3) is 2.00. The molecule has 1 aromatic carbocycles. The number of amides is 1. The number of carbonyl (C=O) groups excluding carboxylic acids is 1. The van der Waals surface area contributed by atoms with E-state index in [-0.39, 0.29) is 5.91 Å². The fourth-order valence-electron chi connectivity index (χ4n) is 1.66.